The normalized spacial score (nSPS) is 11.9. The first-order chi connectivity index (χ1) is 28.2. The van der Waals surface area contributed by atoms with Gasteiger partial charge in [-0.25, -0.2) is 19.9 Å². The standard InChI is InChI=1S/C52H30N4S/c1-2-11-34(12-3-1)49-54-50(56-51(55-49)42-28-26-33-24-23-31-13-8-14-32-25-27-40(42)46(33)45(31)32)38-18-10-16-36(30-38)35-15-9-17-37(29-35)48-41-20-5-4-19-39(41)47-43-21-6-7-22-44(43)57-52(47)53-48/h1-30H. The highest BCUT2D eigenvalue weighted by atomic mass is 32.1. The highest BCUT2D eigenvalue weighted by Gasteiger charge is 2.19. The smallest absolute Gasteiger partial charge is 0.164 e. The fourth-order valence-electron chi connectivity index (χ4n) is 8.62. The van der Waals surface area contributed by atoms with Crippen LogP contribution >= 0.6 is 11.3 Å². The fourth-order valence-corrected chi connectivity index (χ4v) is 9.71. The number of thiophene rings is 1. The van der Waals surface area contributed by atoms with Gasteiger partial charge in [-0.05, 0) is 73.1 Å². The Hall–Kier alpha value is -7.34. The van der Waals surface area contributed by atoms with Crippen molar-refractivity contribution < 1.29 is 0 Å². The lowest BCUT2D eigenvalue weighted by atomic mass is 9.92. The first kappa shape index (κ1) is 32.0. The maximum atomic E-state index is 5.33. The minimum absolute atomic E-state index is 0.630. The lowest BCUT2D eigenvalue weighted by Gasteiger charge is -2.14. The second-order valence-electron chi connectivity index (χ2n) is 14.6. The van der Waals surface area contributed by atoms with E-state index in [9.17, 15) is 0 Å². The molecule has 0 aliphatic carbocycles. The molecule has 0 bridgehead atoms. The SMILES string of the molecule is c1ccc(-c2nc(-c3cccc(-c4cccc(-c5nc6sc7ccccc7c6c6ccccc56)c4)c3)nc(-c3ccc4ccc5cccc6ccc3c4c56)n2)cc1. The molecule has 3 heterocycles. The maximum absolute atomic E-state index is 5.33. The topological polar surface area (TPSA) is 51.6 Å². The molecule has 0 atom stereocenters. The molecule has 0 aliphatic rings. The molecule has 12 rings (SSSR count). The Morgan fingerprint density at radius 2 is 0.877 bits per heavy atom. The predicted octanol–water partition coefficient (Wildman–Crippen LogP) is 14.0. The predicted molar refractivity (Wildman–Crippen MR) is 239 cm³/mol. The Morgan fingerprint density at radius 3 is 1.68 bits per heavy atom. The lowest BCUT2D eigenvalue weighted by Crippen LogP contribution is -2.01. The van der Waals surface area contributed by atoms with Crippen LogP contribution in [-0.4, -0.2) is 19.9 Å². The molecule has 57 heavy (non-hydrogen) atoms. The van der Waals surface area contributed by atoms with Gasteiger partial charge in [0.25, 0.3) is 0 Å². The Balaban J connectivity index is 1.01. The van der Waals surface area contributed by atoms with E-state index < -0.39 is 0 Å². The Labute approximate surface area is 331 Å². The summed E-state index contributed by atoms with van der Waals surface area (Å²) >= 11 is 1.76. The van der Waals surface area contributed by atoms with Crippen molar-refractivity contribution >= 4 is 74.7 Å². The van der Waals surface area contributed by atoms with E-state index in [2.05, 4.69) is 164 Å². The average molecular weight is 743 g/mol. The number of nitrogens with zero attached hydrogens (tertiary/aromatic N) is 4. The van der Waals surface area contributed by atoms with Crippen LogP contribution < -0.4 is 0 Å². The zero-order valence-electron chi connectivity index (χ0n) is 30.5. The molecule has 9 aromatic carbocycles. The van der Waals surface area contributed by atoms with Gasteiger partial charge in [0.15, 0.2) is 17.5 Å². The third kappa shape index (κ3) is 5.13. The van der Waals surface area contributed by atoms with Crippen LogP contribution in [0.5, 0.6) is 0 Å². The van der Waals surface area contributed by atoms with E-state index in [0.717, 1.165) is 54.7 Å². The monoisotopic (exact) mass is 742 g/mol. The van der Waals surface area contributed by atoms with Crippen LogP contribution in [0.1, 0.15) is 0 Å². The minimum Gasteiger partial charge on any atom is -0.236 e. The fraction of sp³-hybridized carbons (Fsp3) is 0. The summed E-state index contributed by atoms with van der Waals surface area (Å²) in [4.78, 5) is 21.9. The molecule has 0 saturated carbocycles. The van der Waals surface area contributed by atoms with Gasteiger partial charge in [-0.3, -0.25) is 0 Å². The number of aromatic nitrogens is 4. The van der Waals surface area contributed by atoms with Gasteiger partial charge in [0.2, 0.25) is 0 Å². The molecule has 4 nitrogen and oxygen atoms in total. The van der Waals surface area contributed by atoms with E-state index in [1.165, 1.54) is 47.8 Å². The van der Waals surface area contributed by atoms with Gasteiger partial charge in [0.05, 0.1) is 5.69 Å². The Morgan fingerprint density at radius 1 is 0.316 bits per heavy atom. The van der Waals surface area contributed by atoms with Gasteiger partial charge in [-0.2, -0.15) is 0 Å². The second-order valence-corrected chi connectivity index (χ2v) is 15.6. The maximum Gasteiger partial charge on any atom is 0.164 e. The van der Waals surface area contributed by atoms with E-state index in [0.29, 0.717) is 17.5 Å². The molecular formula is C52H30N4S. The summed E-state index contributed by atoms with van der Waals surface area (Å²) in [5, 5.41) is 12.2. The van der Waals surface area contributed by atoms with Crippen molar-refractivity contribution in [3.8, 4) is 56.5 Å². The molecule has 264 valence electrons. The van der Waals surface area contributed by atoms with E-state index in [1.54, 1.807) is 11.3 Å². The van der Waals surface area contributed by atoms with Crippen LogP contribution in [0, 0.1) is 0 Å². The van der Waals surface area contributed by atoms with Crippen LogP contribution in [-0.2, 0) is 0 Å². The molecule has 0 spiro atoms. The molecule has 3 aromatic heterocycles. The summed E-state index contributed by atoms with van der Waals surface area (Å²) in [7, 11) is 0. The zero-order valence-corrected chi connectivity index (χ0v) is 31.3. The van der Waals surface area contributed by atoms with Crippen molar-refractivity contribution in [1.29, 1.82) is 0 Å². The molecule has 0 saturated heterocycles. The Kier molecular flexibility index (Phi) is 7.06. The van der Waals surface area contributed by atoms with E-state index in [-0.39, 0.29) is 0 Å². The highest BCUT2D eigenvalue weighted by molar-refractivity contribution is 7.25. The third-order valence-corrected chi connectivity index (χ3v) is 12.3. The largest absolute Gasteiger partial charge is 0.236 e. The van der Waals surface area contributed by atoms with E-state index in [4.69, 9.17) is 19.9 Å². The molecule has 0 fully saturated rings. The number of hydrogen-bond donors (Lipinski definition) is 0. The van der Waals surface area contributed by atoms with Crippen molar-refractivity contribution in [2.45, 2.75) is 0 Å². The van der Waals surface area contributed by atoms with E-state index >= 15 is 0 Å². The summed E-state index contributed by atoms with van der Waals surface area (Å²) in [6, 6.07) is 64.4. The van der Waals surface area contributed by atoms with Gasteiger partial charge in [0, 0.05) is 43.1 Å². The zero-order chi connectivity index (χ0) is 37.5. The highest BCUT2D eigenvalue weighted by Crippen LogP contribution is 2.42. The third-order valence-electron chi connectivity index (χ3n) is 11.3. The molecule has 12 aromatic rings. The van der Waals surface area contributed by atoms with Gasteiger partial charge < -0.3 is 0 Å². The van der Waals surface area contributed by atoms with Crippen molar-refractivity contribution in [3.05, 3.63) is 182 Å². The van der Waals surface area contributed by atoms with Gasteiger partial charge >= 0.3 is 0 Å². The minimum atomic E-state index is 0.630. The lowest BCUT2D eigenvalue weighted by molar-refractivity contribution is 1.08. The number of benzene rings is 9. The average Bonchev–Trinajstić information content (AvgIpc) is 3.67. The second kappa shape index (κ2) is 12.6. The number of rotatable bonds is 5. The summed E-state index contributed by atoms with van der Waals surface area (Å²) in [5.74, 6) is 1.92. The molecule has 0 amide bonds. The molecule has 0 radical (unpaired) electrons. The van der Waals surface area contributed by atoms with Crippen molar-refractivity contribution in [1.82, 2.24) is 19.9 Å². The summed E-state index contributed by atoms with van der Waals surface area (Å²) in [5.41, 5.74) is 7.10. The molecule has 0 unspecified atom stereocenters. The van der Waals surface area contributed by atoms with Gasteiger partial charge in [-0.1, -0.05) is 158 Å². The molecule has 5 heteroatoms. The first-order valence-electron chi connectivity index (χ1n) is 19.1. The summed E-state index contributed by atoms with van der Waals surface area (Å²) in [6.07, 6.45) is 0. The quantitative estimate of drug-likeness (QED) is 0.165. The van der Waals surface area contributed by atoms with Crippen LogP contribution in [0.15, 0.2) is 182 Å². The van der Waals surface area contributed by atoms with Crippen LogP contribution in [0.3, 0.4) is 0 Å². The molecular weight excluding hydrogens is 713 g/mol. The number of fused-ring (bicyclic) bond motifs is 5. The molecule has 0 N–H and O–H groups in total. The first-order valence-corrected chi connectivity index (χ1v) is 19.9. The van der Waals surface area contributed by atoms with E-state index in [1.807, 2.05) is 18.2 Å². The van der Waals surface area contributed by atoms with Crippen molar-refractivity contribution in [3.63, 3.8) is 0 Å². The van der Waals surface area contributed by atoms with Crippen LogP contribution in [0.2, 0.25) is 0 Å². The van der Waals surface area contributed by atoms with Crippen molar-refractivity contribution in [2.24, 2.45) is 0 Å². The van der Waals surface area contributed by atoms with Crippen LogP contribution in [0.4, 0.5) is 0 Å². The molecule has 0 aliphatic heterocycles. The Bertz CT molecular complexity index is 3520. The summed E-state index contributed by atoms with van der Waals surface area (Å²) in [6.45, 7) is 0. The number of pyridine rings is 1. The van der Waals surface area contributed by atoms with Gasteiger partial charge in [-0.15, -0.1) is 11.3 Å². The summed E-state index contributed by atoms with van der Waals surface area (Å²) < 4.78 is 1.25. The van der Waals surface area contributed by atoms with Gasteiger partial charge in [0.1, 0.15) is 4.83 Å². The van der Waals surface area contributed by atoms with Crippen molar-refractivity contribution in [2.75, 3.05) is 0 Å². The number of hydrogen-bond acceptors (Lipinski definition) is 5. The van der Waals surface area contributed by atoms with Crippen LogP contribution in [0.25, 0.3) is 120 Å².